The van der Waals surface area contributed by atoms with Crippen LogP contribution < -0.4 is 5.32 Å². The lowest BCUT2D eigenvalue weighted by molar-refractivity contribution is -0.130. The molecule has 2 rings (SSSR count). The molecule has 2 unspecified atom stereocenters. The molecule has 3 nitrogen and oxygen atoms in total. The highest BCUT2D eigenvalue weighted by atomic mass is 19.1. The number of amides is 1. The summed E-state index contributed by atoms with van der Waals surface area (Å²) < 4.78 is 13.9. The number of nitrogens with zero attached hydrogens (tertiary/aromatic N) is 1. The first kappa shape index (κ1) is 14.0. The second-order valence-electron chi connectivity index (χ2n) is 4.94. The lowest BCUT2D eigenvalue weighted by Crippen LogP contribution is -2.32. The number of rotatable bonds is 5. The number of carbonyl (C=O) groups is 1. The lowest BCUT2D eigenvalue weighted by Gasteiger charge is -2.24. The van der Waals surface area contributed by atoms with Gasteiger partial charge in [0.15, 0.2) is 0 Å². The first-order valence-corrected chi connectivity index (χ1v) is 7.00. The molecule has 0 aliphatic carbocycles. The van der Waals surface area contributed by atoms with Crippen LogP contribution in [-0.4, -0.2) is 23.4 Å². The highest BCUT2D eigenvalue weighted by Crippen LogP contribution is 2.28. The van der Waals surface area contributed by atoms with Crippen LogP contribution in [0.4, 0.5) is 4.39 Å². The van der Waals surface area contributed by atoms with Gasteiger partial charge in [0.05, 0.1) is 6.04 Å². The van der Waals surface area contributed by atoms with Crippen molar-refractivity contribution in [3.05, 3.63) is 35.6 Å². The van der Waals surface area contributed by atoms with E-state index in [9.17, 15) is 9.18 Å². The van der Waals surface area contributed by atoms with E-state index >= 15 is 0 Å². The first-order valence-electron chi connectivity index (χ1n) is 7.00. The SMILES string of the molecule is CCCCN1C(=O)C(CC)NC1c1ccccc1F. The van der Waals surface area contributed by atoms with Crippen molar-refractivity contribution in [1.29, 1.82) is 0 Å². The van der Waals surface area contributed by atoms with Gasteiger partial charge in [0.2, 0.25) is 5.91 Å². The summed E-state index contributed by atoms with van der Waals surface area (Å²) in [6.45, 7) is 4.73. The molecule has 1 fully saturated rings. The van der Waals surface area contributed by atoms with Crippen molar-refractivity contribution in [2.45, 2.75) is 45.3 Å². The molecule has 0 bridgehead atoms. The van der Waals surface area contributed by atoms with Gasteiger partial charge in [0.25, 0.3) is 0 Å². The molecule has 19 heavy (non-hydrogen) atoms. The van der Waals surface area contributed by atoms with E-state index in [-0.39, 0.29) is 23.9 Å². The normalized spacial score (nSPS) is 23.1. The minimum atomic E-state index is -0.329. The van der Waals surface area contributed by atoms with Crippen molar-refractivity contribution in [2.24, 2.45) is 0 Å². The third kappa shape index (κ3) is 2.78. The van der Waals surface area contributed by atoms with Crippen molar-refractivity contribution in [2.75, 3.05) is 6.54 Å². The van der Waals surface area contributed by atoms with Gasteiger partial charge in [-0.1, -0.05) is 38.5 Å². The standard InChI is InChI=1S/C15H21FN2O/c1-3-5-10-18-14(17-13(4-2)15(18)19)11-8-6-7-9-12(11)16/h6-9,13-14,17H,3-5,10H2,1-2H3. The number of unbranched alkanes of at least 4 members (excludes halogenated alkanes) is 1. The third-order valence-corrected chi connectivity index (χ3v) is 3.61. The molecule has 0 aromatic heterocycles. The minimum absolute atomic E-state index is 0.0872. The molecular formula is C15H21FN2O. The van der Waals surface area contributed by atoms with Crippen LogP contribution >= 0.6 is 0 Å². The van der Waals surface area contributed by atoms with Crippen molar-refractivity contribution in [3.8, 4) is 0 Å². The highest BCUT2D eigenvalue weighted by Gasteiger charge is 2.38. The zero-order valence-electron chi connectivity index (χ0n) is 11.5. The predicted octanol–water partition coefficient (Wildman–Crippen LogP) is 2.83. The number of carbonyl (C=O) groups excluding carboxylic acids is 1. The molecule has 0 radical (unpaired) electrons. The molecule has 1 amide bonds. The van der Waals surface area contributed by atoms with E-state index in [2.05, 4.69) is 12.2 Å². The van der Waals surface area contributed by atoms with Crippen LogP contribution in [0.25, 0.3) is 0 Å². The Morgan fingerprint density at radius 1 is 1.32 bits per heavy atom. The van der Waals surface area contributed by atoms with Gasteiger partial charge in [-0.15, -0.1) is 0 Å². The van der Waals surface area contributed by atoms with E-state index in [4.69, 9.17) is 0 Å². The predicted molar refractivity (Wildman–Crippen MR) is 73.0 cm³/mol. The molecule has 4 heteroatoms. The number of hydrogen-bond donors (Lipinski definition) is 1. The Morgan fingerprint density at radius 3 is 2.68 bits per heavy atom. The summed E-state index contributed by atoms with van der Waals surface area (Å²) in [6.07, 6.45) is 2.36. The van der Waals surface area contributed by atoms with Gasteiger partial charge in [0, 0.05) is 12.1 Å². The minimum Gasteiger partial charge on any atom is -0.321 e. The fourth-order valence-electron chi connectivity index (χ4n) is 2.49. The van der Waals surface area contributed by atoms with Crippen LogP contribution in [0.1, 0.15) is 44.8 Å². The maximum absolute atomic E-state index is 13.9. The molecule has 1 heterocycles. The summed E-state index contributed by atoms with van der Waals surface area (Å²) in [5.74, 6) is -0.171. The monoisotopic (exact) mass is 264 g/mol. The summed E-state index contributed by atoms with van der Waals surface area (Å²) in [6, 6.07) is 6.47. The molecule has 0 saturated carbocycles. The Morgan fingerprint density at radius 2 is 2.05 bits per heavy atom. The lowest BCUT2D eigenvalue weighted by atomic mass is 10.1. The van der Waals surface area contributed by atoms with Crippen LogP contribution in [0, 0.1) is 5.82 Å². The summed E-state index contributed by atoms with van der Waals surface area (Å²) in [7, 11) is 0. The van der Waals surface area contributed by atoms with Crippen molar-refractivity contribution >= 4 is 5.91 Å². The fourth-order valence-corrected chi connectivity index (χ4v) is 2.49. The maximum Gasteiger partial charge on any atom is 0.241 e. The summed E-state index contributed by atoms with van der Waals surface area (Å²) in [5.41, 5.74) is 0.558. The second kappa shape index (κ2) is 6.15. The first-order chi connectivity index (χ1) is 9.19. The largest absolute Gasteiger partial charge is 0.321 e. The van der Waals surface area contributed by atoms with E-state index in [1.165, 1.54) is 6.07 Å². The Bertz CT molecular complexity index is 450. The number of nitrogens with one attached hydrogen (secondary N) is 1. The van der Waals surface area contributed by atoms with Crippen molar-refractivity contribution < 1.29 is 9.18 Å². The summed E-state index contributed by atoms with van der Waals surface area (Å²) in [4.78, 5) is 14.1. The van der Waals surface area contributed by atoms with Crippen LogP contribution in [0.15, 0.2) is 24.3 Å². The Kier molecular flexibility index (Phi) is 4.53. The zero-order valence-corrected chi connectivity index (χ0v) is 11.5. The topological polar surface area (TPSA) is 32.3 Å². The summed E-state index contributed by atoms with van der Waals surface area (Å²) in [5, 5.41) is 3.24. The molecule has 1 saturated heterocycles. The van der Waals surface area contributed by atoms with E-state index in [1.807, 2.05) is 13.0 Å². The van der Waals surface area contributed by atoms with Crippen LogP contribution in [0.3, 0.4) is 0 Å². The molecule has 0 spiro atoms. The van der Waals surface area contributed by atoms with Crippen molar-refractivity contribution in [1.82, 2.24) is 10.2 Å². The average Bonchev–Trinajstić information content (AvgIpc) is 2.73. The molecule has 1 aromatic rings. The molecule has 2 atom stereocenters. The number of halogens is 1. The van der Waals surface area contributed by atoms with E-state index in [0.717, 1.165) is 19.3 Å². The van der Waals surface area contributed by atoms with Gasteiger partial charge in [-0.05, 0) is 18.9 Å². The molecular weight excluding hydrogens is 243 g/mol. The van der Waals surface area contributed by atoms with Gasteiger partial charge < -0.3 is 4.90 Å². The molecule has 104 valence electrons. The van der Waals surface area contributed by atoms with E-state index < -0.39 is 0 Å². The maximum atomic E-state index is 13.9. The summed E-state index contributed by atoms with van der Waals surface area (Å²) >= 11 is 0. The smallest absolute Gasteiger partial charge is 0.241 e. The Hall–Kier alpha value is -1.42. The Labute approximate surface area is 113 Å². The van der Waals surface area contributed by atoms with Gasteiger partial charge in [-0.2, -0.15) is 0 Å². The second-order valence-corrected chi connectivity index (χ2v) is 4.94. The van der Waals surface area contributed by atoms with Crippen LogP contribution in [-0.2, 0) is 4.79 Å². The quantitative estimate of drug-likeness (QED) is 0.887. The molecule has 1 aliphatic heterocycles. The van der Waals surface area contributed by atoms with Crippen LogP contribution in [0.2, 0.25) is 0 Å². The van der Waals surface area contributed by atoms with Crippen LogP contribution in [0.5, 0.6) is 0 Å². The van der Waals surface area contributed by atoms with Gasteiger partial charge in [-0.3, -0.25) is 10.1 Å². The molecule has 1 aliphatic rings. The van der Waals surface area contributed by atoms with E-state index in [1.54, 1.807) is 17.0 Å². The van der Waals surface area contributed by atoms with Crippen molar-refractivity contribution in [3.63, 3.8) is 0 Å². The fraction of sp³-hybridized carbons (Fsp3) is 0.533. The number of hydrogen-bond acceptors (Lipinski definition) is 2. The zero-order chi connectivity index (χ0) is 13.8. The van der Waals surface area contributed by atoms with Gasteiger partial charge in [0.1, 0.15) is 12.0 Å². The van der Waals surface area contributed by atoms with E-state index in [0.29, 0.717) is 12.1 Å². The highest BCUT2D eigenvalue weighted by molar-refractivity contribution is 5.84. The number of benzene rings is 1. The Balaban J connectivity index is 2.26. The average molecular weight is 264 g/mol. The third-order valence-electron chi connectivity index (χ3n) is 3.61. The molecule has 1 N–H and O–H groups in total. The van der Waals surface area contributed by atoms with Gasteiger partial charge in [-0.25, -0.2) is 4.39 Å². The van der Waals surface area contributed by atoms with Gasteiger partial charge >= 0.3 is 0 Å². The molecule has 1 aromatic carbocycles.